The van der Waals surface area contributed by atoms with Crippen molar-refractivity contribution in [2.24, 2.45) is 0 Å². The van der Waals surface area contributed by atoms with Crippen molar-refractivity contribution < 1.29 is 9.53 Å². The molecule has 0 aliphatic rings. The second-order valence-corrected chi connectivity index (χ2v) is 7.39. The number of ether oxygens (including phenoxy) is 1. The number of carbonyl (C=O) groups is 1. The smallest absolute Gasteiger partial charge is 0.234 e. The number of hydrogen-bond acceptors (Lipinski definition) is 5. The third-order valence-corrected chi connectivity index (χ3v) is 5.41. The second kappa shape index (κ2) is 9.12. The van der Waals surface area contributed by atoms with Gasteiger partial charge >= 0.3 is 0 Å². The first kappa shape index (κ1) is 20.2. The Balaban J connectivity index is 1.70. The van der Waals surface area contributed by atoms with E-state index in [2.05, 4.69) is 15.5 Å². The summed E-state index contributed by atoms with van der Waals surface area (Å²) in [5.41, 5.74) is 2.47. The van der Waals surface area contributed by atoms with Gasteiger partial charge in [-0.1, -0.05) is 29.4 Å². The lowest BCUT2D eigenvalue weighted by Crippen LogP contribution is -2.15. The molecule has 0 atom stereocenters. The fraction of sp³-hybridized carbons (Fsp3) is 0.250. The maximum atomic E-state index is 12.4. The van der Waals surface area contributed by atoms with Crippen LogP contribution in [0.15, 0.2) is 47.6 Å². The van der Waals surface area contributed by atoms with Crippen molar-refractivity contribution in [3.63, 3.8) is 0 Å². The van der Waals surface area contributed by atoms with Crippen molar-refractivity contribution in [1.82, 2.24) is 14.8 Å². The lowest BCUT2D eigenvalue weighted by molar-refractivity contribution is -0.113. The number of thioether (sulfide) groups is 1. The quantitative estimate of drug-likeness (QED) is 0.567. The summed E-state index contributed by atoms with van der Waals surface area (Å²) in [6.45, 7) is 6.32. The molecule has 3 aromatic rings. The maximum absolute atomic E-state index is 12.4. The maximum Gasteiger partial charge on any atom is 0.234 e. The van der Waals surface area contributed by atoms with Gasteiger partial charge in [0, 0.05) is 16.4 Å². The standard InChI is InChI=1S/C20H21ClN4O2S/c1-4-27-16-10-8-15(9-11-16)25-14(3)23-24-20(25)28-12-19(26)22-18-7-5-6-17(21)13(18)2/h5-11H,4,12H2,1-3H3,(H,22,26). The highest BCUT2D eigenvalue weighted by atomic mass is 35.5. The largest absolute Gasteiger partial charge is 0.494 e. The van der Waals surface area contributed by atoms with Crippen molar-refractivity contribution in [1.29, 1.82) is 0 Å². The highest BCUT2D eigenvalue weighted by Gasteiger charge is 2.14. The second-order valence-electron chi connectivity index (χ2n) is 6.04. The Morgan fingerprint density at radius 3 is 2.64 bits per heavy atom. The summed E-state index contributed by atoms with van der Waals surface area (Å²) in [6.07, 6.45) is 0. The van der Waals surface area contributed by atoms with Crippen LogP contribution < -0.4 is 10.1 Å². The summed E-state index contributed by atoms with van der Waals surface area (Å²) in [7, 11) is 0. The van der Waals surface area contributed by atoms with Crippen LogP contribution in [0.1, 0.15) is 18.3 Å². The van der Waals surface area contributed by atoms with Gasteiger partial charge in [0.25, 0.3) is 0 Å². The molecule has 8 heteroatoms. The van der Waals surface area contributed by atoms with Crippen LogP contribution in [-0.4, -0.2) is 33.0 Å². The number of aryl methyl sites for hydroxylation is 1. The molecule has 2 aromatic carbocycles. The number of hydrogen-bond donors (Lipinski definition) is 1. The Kier molecular flexibility index (Phi) is 6.59. The summed E-state index contributed by atoms with van der Waals surface area (Å²) in [5.74, 6) is 1.63. The Labute approximate surface area is 173 Å². The minimum absolute atomic E-state index is 0.130. The number of rotatable bonds is 7. The molecule has 0 aliphatic heterocycles. The van der Waals surface area contributed by atoms with Gasteiger partial charge in [-0.25, -0.2) is 0 Å². The zero-order valence-electron chi connectivity index (χ0n) is 15.9. The van der Waals surface area contributed by atoms with Crippen molar-refractivity contribution in [2.45, 2.75) is 25.9 Å². The molecule has 0 radical (unpaired) electrons. The van der Waals surface area contributed by atoms with Crippen LogP contribution in [0.4, 0.5) is 5.69 Å². The molecule has 0 saturated carbocycles. The van der Waals surface area contributed by atoms with Gasteiger partial charge in [0.2, 0.25) is 5.91 Å². The molecule has 6 nitrogen and oxygen atoms in total. The third-order valence-electron chi connectivity index (χ3n) is 4.08. The molecule has 1 amide bonds. The Morgan fingerprint density at radius 2 is 1.93 bits per heavy atom. The lowest BCUT2D eigenvalue weighted by Gasteiger charge is -2.11. The number of aromatic nitrogens is 3. The van der Waals surface area contributed by atoms with Gasteiger partial charge in [-0.2, -0.15) is 0 Å². The summed E-state index contributed by atoms with van der Waals surface area (Å²) in [5, 5.41) is 12.5. The fourth-order valence-corrected chi connectivity index (χ4v) is 3.62. The van der Waals surface area contributed by atoms with E-state index in [1.165, 1.54) is 11.8 Å². The van der Waals surface area contributed by atoms with Crippen LogP contribution in [-0.2, 0) is 4.79 Å². The number of nitrogens with one attached hydrogen (secondary N) is 1. The molecule has 1 aromatic heterocycles. The van der Waals surface area contributed by atoms with Gasteiger partial charge in [-0.15, -0.1) is 10.2 Å². The van der Waals surface area contributed by atoms with Gasteiger partial charge < -0.3 is 10.1 Å². The number of nitrogens with zero attached hydrogens (tertiary/aromatic N) is 3. The molecule has 146 valence electrons. The van der Waals surface area contributed by atoms with Gasteiger partial charge in [0.05, 0.1) is 12.4 Å². The number of carbonyl (C=O) groups excluding carboxylic acids is 1. The van der Waals surface area contributed by atoms with E-state index in [9.17, 15) is 4.79 Å². The topological polar surface area (TPSA) is 69.0 Å². The third kappa shape index (κ3) is 4.66. The van der Waals surface area contributed by atoms with Crippen LogP contribution >= 0.6 is 23.4 Å². The van der Waals surface area contributed by atoms with E-state index >= 15 is 0 Å². The predicted molar refractivity (Wildman–Crippen MR) is 113 cm³/mol. The summed E-state index contributed by atoms with van der Waals surface area (Å²) >= 11 is 7.43. The van der Waals surface area contributed by atoms with Crippen molar-refractivity contribution in [3.05, 3.63) is 58.9 Å². The monoisotopic (exact) mass is 416 g/mol. The first-order valence-electron chi connectivity index (χ1n) is 8.82. The van der Waals surface area contributed by atoms with E-state index in [1.54, 1.807) is 6.07 Å². The van der Waals surface area contributed by atoms with Crippen LogP contribution in [0.5, 0.6) is 5.75 Å². The van der Waals surface area contributed by atoms with Gasteiger partial charge in [0.15, 0.2) is 5.16 Å². The zero-order chi connectivity index (χ0) is 20.1. The first-order valence-corrected chi connectivity index (χ1v) is 10.2. The van der Waals surface area contributed by atoms with Crippen LogP contribution in [0.2, 0.25) is 5.02 Å². The van der Waals surface area contributed by atoms with E-state index in [0.29, 0.717) is 22.5 Å². The van der Waals surface area contributed by atoms with E-state index in [4.69, 9.17) is 16.3 Å². The minimum atomic E-state index is -0.130. The van der Waals surface area contributed by atoms with Crippen LogP contribution in [0.25, 0.3) is 5.69 Å². The molecule has 0 bridgehead atoms. The van der Waals surface area contributed by atoms with E-state index in [-0.39, 0.29) is 11.7 Å². The molecule has 0 spiro atoms. The number of benzene rings is 2. The fourth-order valence-electron chi connectivity index (χ4n) is 2.65. The zero-order valence-corrected chi connectivity index (χ0v) is 17.5. The minimum Gasteiger partial charge on any atom is -0.494 e. The molecular formula is C20H21ClN4O2S. The summed E-state index contributed by atoms with van der Waals surface area (Å²) in [4.78, 5) is 12.4. The van der Waals surface area contributed by atoms with Crippen LogP contribution in [0.3, 0.4) is 0 Å². The molecular weight excluding hydrogens is 396 g/mol. The SMILES string of the molecule is CCOc1ccc(-n2c(C)nnc2SCC(=O)Nc2cccc(Cl)c2C)cc1. The Hall–Kier alpha value is -2.51. The first-order chi connectivity index (χ1) is 13.5. The van der Waals surface area contributed by atoms with E-state index in [0.717, 1.165) is 22.8 Å². The molecule has 1 heterocycles. The molecule has 28 heavy (non-hydrogen) atoms. The Bertz CT molecular complexity index is 973. The summed E-state index contributed by atoms with van der Waals surface area (Å²) in [6, 6.07) is 13.1. The number of anilines is 1. The normalized spacial score (nSPS) is 10.7. The molecule has 0 saturated heterocycles. The predicted octanol–water partition coefficient (Wildman–Crippen LogP) is 4.67. The average Bonchev–Trinajstić information content (AvgIpc) is 3.05. The molecule has 3 rings (SSSR count). The number of halogens is 1. The molecule has 0 fully saturated rings. The van der Waals surface area contributed by atoms with E-state index in [1.807, 2.05) is 61.7 Å². The van der Waals surface area contributed by atoms with Crippen molar-refractivity contribution in [3.8, 4) is 11.4 Å². The van der Waals surface area contributed by atoms with Gasteiger partial charge in [0.1, 0.15) is 11.6 Å². The number of amides is 1. The van der Waals surface area contributed by atoms with Crippen molar-refractivity contribution in [2.75, 3.05) is 17.7 Å². The van der Waals surface area contributed by atoms with E-state index < -0.39 is 0 Å². The van der Waals surface area contributed by atoms with Gasteiger partial charge in [-0.05, 0) is 62.7 Å². The Morgan fingerprint density at radius 1 is 1.18 bits per heavy atom. The molecule has 0 unspecified atom stereocenters. The lowest BCUT2D eigenvalue weighted by atomic mass is 10.2. The summed E-state index contributed by atoms with van der Waals surface area (Å²) < 4.78 is 7.40. The highest BCUT2D eigenvalue weighted by Crippen LogP contribution is 2.25. The average molecular weight is 417 g/mol. The van der Waals surface area contributed by atoms with Gasteiger partial charge in [-0.3, -0.25) is 9.36 Å². The van der Waals surface area contributed by atoms with Crippen LogP contribution in [0, 0.1) is 13.8 Å². The highest BCUT2D eigenvalue weighted by molar-refractivity contribution is 7.99. The van der Waals surface area contributed by atoms with Crippen molar-refractivity contribution >= 4 is 35.0 Å². The molecule has 1 N–H and O–H groups in total. The molecule has 0 aliphatic carbocycles.